The predicted octanol–water partition coefficient (Wildman–Crippen LogP) is 3.94. The molecule has 1 N–H and O–H groups in total. The number of hydrazine groups is 1. The molecule has 0 bridgehead atoms. The first-order valence-corrected chi connectivity index (χ1v) is 7.39. The summed E-state index contributed by atoms with van der Waals surface area (Å²) in [5.74, 6) is -0.172. The molecule has 2 aromatic carbocycles. The molecule has 0 saturated heterocycles. The maximum absolute atomic E-state index is 11.9. The zero-order valence-corrected chi connectivity index (χ0v) is 13.6. The Kier molecular flexibility index (Phi) is 5.17. The summed E-state index contributed by atoms with van der Waals surface area (Å²) in [6.07, 6.45) is 3.31. The fraction of sp³-hybridized carbons (Fsp3) is 0.118. The van der Waals surface area contributed by atoms with Gasteiger partial charge in [0.1, 0.15) is 0 Å². The maximum atomic E-state index is 11.9. The molecule has 0 aromatic heterocycles. The van der Waals surface area contributed by atoms with Crippen molar-refractivity contribution in [2.75, 3.05) is 12.1 Å². The SMILES string of the molecule is Cc1ccc(/C=C/C(=O)NN(C)c2ccccc2)c(Br)c1. The Morgan fingerprint density at radius 1 is 1.19 bits per heavy atom. The lowest BCUT2D eigenvalue weighted by atomic mass is 10.1. The number of aryl methyl sites for hydroxylation is 1. The highest BCUT2D eigenvalue weighted by atomic mass is 79.9. The van der Waals surface area contributed by atoms with Crippen molar-refractivity contribution >= 4 is 33.6 Å². The monoisotopic (exact) mass is 344 g/mol. The Hall–Kier alpha value is -2.07. The van der Waals surface area contributed by atoms with E-state index in [9.17, 15) is 4.79 Å². The van der Waals surface area contributed by atoms with Crippen LogP contribution in [-0.4, -0.2) is 13.0 Å². The Morgan fingerprint density at radius 2 is 1.90 bits per heavy atom. The van der Waals surface area contributed by atoms with Crippen LogP contribution in [0.2, 0.25) is 0 Å². The molecule has 0 aliphatic heterocycles. The Balaban J connectivity index is 2.00. The van der Waals surface area contributed by atoms with Gasteiger partial charge < -0.3 is 0 Å². The van der Waals surface area contributed by atoms with Crippen molar-refractivity contribution in [2.24, 2.45) is 0 Å². The minimum absolute atomic E-state index is 0.172. The average Bonchev–Trinajstić information content (AvgIpc) is 2.47. The molecule has 2 rings (SSSR count). The van der Waals surface area contributed by atoms with Gasteiger partial charge in [0.05, 0.1) is 5.69 Å². The third kappa shape index (κ3) is 4.46. The van der Waals surface area contributed by atoms with E-state index in [0.717, 1.165) is 15.7 Å². The van der Waals surface area contributed by atoms with E-state index >= 15 is 0 Å². The van der Waals surface area contributed by atoms with Crippen molar-refractivity contribution in [2.45, 2.75) is 6.92 Å². The molecule has 0 fully saturated rings. The number of para-hydroxylation sites is 1. The second-order valence-electron chi connectivity index (χ2n) is 4.73. The zero-order chi connectivity index (χ0) is 15.2. The van der Waals surface area contributed by atoms with Crippen LogP contribution in [-0.2, 0) is 4.79 Å². The Morgan fingerprint density at radius 3 is 2.57 bits per heavy atom. The number of halogens is 1. The number of hydrogen-bond donors (Lipinski definition) is 1. The van der Waals surface area contributed by atoms with E-state index in [1.807, 2.05) is 62.5 Å². The van der Waals surface area contributed by atoms with Gasteiger partial charge in [-0.15, -0.1) is 0 Å². The minimum Gasteiger partial charge on any atom is -0.288 e. The number of carbonyl (C=O) groups excluding carboxylic acids is 1. The second kappa shape index (κ2) is 7.09. The highest BCUT2D eigenvalue weighted by Gasteiger charge is 2.03. The number of amides is 1. The van der Waals surface area contributed by atoms with Gasteiger partial charge in [0.25, 0.3) is 5.91 Å². The third-order valence-corrected chi connectivity index (χ3v) is 3.68. The van der Waals surface area contributed by atoms with Crippen LogP contribution >= 0.6 is 15.9 Å². The van der Waals surface area contributed by atoms with Crippen LogP contribution in [0, 0.1) is 6.92 Å². The lowest BCUT2D eigenvalue weighted by molar-refractivity contribution is -0.116. The normalized spacial score (nSPS) is 10.6. The van der Waals surface area contributed by atoms with Crippen LogP contribution in [0.5, 0.6) is 0 Å². The molecule has 0 atom stereocenters. The smallest absolute Gasteiger partial charge is 0.262 e. The van der Waals surface area contributed by atoms with Gasteiger partial charge in [-0.2, -0.15) is 0 Å². The summed E-state index contributed by atoms with van der Waals surface area (Å²) in [5.41, 5.74) is 5.86. The number of carbonyl (C=O) groups is 1. The molecule has 0 unspecified atom stereocenters. The molecule has 3 nitrogen and oxygen atoms in total. The molecular weight excluding hydrogens is 328 g/mol. The number of rotatable bonds is 4. The molecule has 21 heavy (non-hydrogen) atoms. The number of hydrogen-bond acceptors (Lipinski definition) is 2. The first-order chi connectivity index (χ1) is 10.1. The standard InChI is InChI=1S/C17H17BrN2O/c1-13-8-9-14(16(18)12-13)10-11-17(21)19-20(2)15-6-4-3-5-7-15/h3-12H,1-2H3,(H,19,21)/b11-10+. The van der Waals surface area contributed by atoms with Crippen LogP contribution in [0.25, 0.3) is 6.08 Å². The summed E-state index contributed by atoms with van der Waals surface area (Å²) in [7, 11) is 1.81. The summed E-state index contributed by atoms with van der Waals surface area (Å²) in [6.45, 7) is 2.03. The Labute approximate surface area is 133 Å². The number of anilines is 1. The molecule has 1 amide bonds. The molecule has 2 aromatic rings. The molecule has 0 saturated carbocycles. The van der Waals surface area contributed by atoms with Gasteiger partial charge in [-0.05, 0) is 42.3 Å². The molecule has 0 aliphatic rings. The van der Waals surface area contributed by atoms with E-state index in [1.165, 1.54) is 11.6 Å². The van der Waals surface area contributed by atoms with Crippen molar-refractivity contribution in [3.63, 3.8) is 0 Å². The van der Waals surface area contributed by atoms with Crippen molar-refractivity contribution in [1.82, 2.24) is 5.43 Å². The van der Waals surface area contributed by atoms with Gasteiger partial charge in [-0.1, -0.05) is 46.3 Å². The van der Waals surface area contributed by atoms with E-state index in [1.54, 1.807) is 11.1 Å². The molecule has 0 radical (unpaired) electrons. The quantitative estimate of drug-likeness (QED) is 0.673. The Bertz CT molecular complexity index is 653. The summed E-state index contributed by atoms with van der Waals surface area (Å²) in [6, 6.07) is 15.7. The lowest BCUT2D eigenvalue weighted by Crippen LogP contribution is -2.38. The van der Waals surface area contributed by atoms with Gasteiger partial charge in [0.2, 0.25) is 0 Å². The van der Waals surface area contributed by atoms with Crippen LogP contribution in [0.4, 0.5) is 5.69 Å². The minimum atomic E-state index is -0.172. The topological polar surface area (TPSA) is 32.3 Å². The fourth-order valence-electron chi connectivity index (χ4n) is 1.85. The van der Waals surface area contributed by atoms with Crippen LogP contribution < -0.4 is 10.4 Å². The van der Waals surface area contributed by atoms with Crippen LogP contribution in [0.3, 0.4) is 0 Å². The first-order valence-electron chi connectivity index (χ1n) is 6.60. The van der Waals surface area contributed by atoms with Crippen LogP contribution in [0.15, 0.2) is 59.1 Å². The number of benzene rings is 2. The summed E-state index contributed by atoms with van der Waals surface area (Å²) in [4.78, 5) is 11.9. The van der Waals surface area contributed by atoms with Crippen molar-refractivity contribution in [3.05, 3.63) is 70.2 Å². The van der Waals surface area contributed by atoms with E-state index in [-0.39, 0.29) is 5.91 Å². The summed E-state index contributed by atoms with van der Waals surface area (Å²) in [5, 5.41) is 1.69. The second-order valence-corrected chi connectivity index (χ2v) is 5.58. The first kappa shape index (κ1) is 15.3. The molecule has 108 valence electrons. The fourth-order valence-corrected chi connectivity index (χ4v) is 2.48. The van der Waals surface area contributed by atoms with Gasteiger partial charge in [-0.25, -0.2) is 0 Å². The largest absolute Gasteiger partial charge is 0.288 e. The number of nitrogens with one attached hydrogen (secondary N) is 1. The van der Waals surface area contributed by atoms with E-state index in [4.69, 9.17) is 0 Å². The number of nitrogens with zero attached hydrogens (tertiary/aromatic N) is 1. The van der Waals surface area contributed by atoms with Gasteiger partial charge >= 0.3 is 0 Å². The molecule has 0 spiro atoms. The maximum Gasteiger partial charge on any atom is 0.262 e. The summed E-state index contributed by atoms with van der Waals surface area (Å²) < 4.78 is 0.975. The van der Waals surface area contributed by atoms with Crippen molar-refractivity contribution < 1.29 is 4.79 Å². The van der Waals surface area contributed by atoms with Gasteiger partial charge in [0, 0.05) is 17.6 Å². The highest BCUT2D eigenvalue weighted by molar-refractivity contribution is 9.10. The van der Waals surface area contributed by atoms with E-state index < -0.39 is 0 Å². The van der Waals surface area contributed by atoms with E-state index in [2.05, 4.69) is 21.4 Å². The highest BCUT2D eigenvalue weighted by Crippen LogP contribution is 2.19. The molecule has 4 heteroatoms. The third-order valence-electron chi connectivity index (χ3n) is 2.99. The molecule has 0 heterocycles. The lowest BCUT2D eigenvalue weighted by Gasteiger charge is -2.19. The molecule has 0 aliphatic carbocycles. The van der Waals surface area contributed by atoms with Crippen molar-refractivity contribution in [1.29, 1.82) is 0 Å². The van der Waals surface area contributed by atoms with Crippen molar-refractivity contribution in [3.8, 4) is 0 Å². The summed E-state index contributed by atoms with van der Waals surface area (Å²) >= 11 is 3.49. The van der Waals surface area contributed by atoms with E-state index in [0.29, 0.717) is 0 Å². The average molecular weight is 345 g/mol. The molecular formula is C17H17BrN2O. The van der Waals surface area contributed by atoms with Crippen LogP contribution in [0.1, 0.15) is 11.1 Å². The zero-order valence-electron chi connectivity index (χ0n) is 12.0. The van der Waals surface area contributed by atoms with Gasteiger partial charge in [0.15, 0.2) is 0 Å². The van der Waals surface area contributed by atoms with Gasteiger partial charge in [-0.3, -0.25) is 15.2 Å². The predicted molar refractivity (Wildman–Crippen MR) is 90.9 cm³/mol.